The van der Waals surface area contributed by atoms with Crippen LogP contribution in [-0.4, -0.2) is 52.0 Å². The summed E-state index contributed by atoms with van der Waals surface area (Å²) in [6.07, 6.45) is 3.25. The van der Waals surface area contributed by atoms with Crippen molar-refractivity contribution in [1.82, 2.24) is 24.7 Å². The Bertz CT molecular complexity index is 1020. The second-order valence-corrected chi connectivity index (χ2v) is 7.25. The molecule has 0 atom stereocenters. The van der Waals surface area contributed by atoms with Crippen LogP contribution in [0, 0.1) is 0 Å². The molecule has 0 unspecified atom stereocenters. The van der Waals surface area contributed by atoms with E-state index in [0.29, 0.717) is 29.2 Å². The molecule has 1 aromatic carbocycles. The van der Waals surface area contributed by atoms with E-state index in [2.05, 4.69) is 9.88 Å². The molecule has 9 nitrogen and oxygen atoms in total. The first-order valence-corrected chi connectivity index (χ1v) is 9.54. The first kappa shape index (κ1) is 17.0. The molecule has 1 saturated carbocycles. The molecule has 3 heterocycles. The number of methoxy groups -OCH3 is 2. The van der Waals surface area contributed by atoms with Crippen molar-refractivity contribution in [3.8, 4) is 11.5 Å². The summed E-state index contributed by atoms with van der Waals surface area (Å²) in [4.78, 5) is 16.2. The zero-order chi connectivity index (χ0) is 19.3. The third-order valence-electron chi connectivity index (χ3n) is 5.40. The van der Waals surface area contributed by atoms with Gasteiger partial charge in [0.1, 0.15) is 11.6 Å². The van der Waals surface area contributed by atoms with Gasteiger partial charge in [0.05, 0.1) is 26.3 Å². The second kappa shape index (κ2) is 6.50. The van der Waals surface area contributed by atoms with Crippen LogP contribution in [0.5, 0.6) is 11.5 Å². The fourth-order valence-corrected chi connectivity index (χ4v) is 3.64. The summed E-state index contributed by atoms with van der Waals surface area (Å²) in [6.45, 7) is 2.31. The highest BCUT2D eigenvalue weighted by molar-refractivity contribution is 5.91. The number of ether oxygens (including phenoxy) is 2. The predicted octanol–water partition coefficient (Wildman–Crippen LogP) is 1.76. The van der Waals surface area contributed by atoms with Crippen LogP contribution in [0.1, 0.15) is 30.4 Å². The summed E-state index contributed by atoms with van der Waals surface area (Å²) in [7, 11) is 3.20. The van der Waals surface area contributed by atoms with Gasteiger partial charge >= 0.3 is 0 Å². The van der Waals surface area contributed by atoms with Gasteiger partial charge in [-0.05, 0) is 18.9 Å². The van der Waals surface area contributed by atoms with Crippen LogP contribution in [0.25, 0.3) is 10.9 Å². The summed E-state index contributed by atoms with van der Waals surface area (Å²) < 4.78 is 12.8. The maximum atomic E-state index is 6.24. The number of nitrogens with zero attached hydrogens (tertiary/aromatic N) is 6. The molecular formula is C19H23N7O2. The predicted molar refractivity (Wildman–Crippen MR) is 105 cm³/mol. The van der Waals surface area contributed by atoms with Gasteiger partial charge in [-0.3, -0.25) is 0 Å². The zero-order valence-corrected chi connectivity index (χ0v) is 16.1. The number of nitrogens with two attached hydrogens (primary N) is 1. The van der Waals surface area contributed by atoms with Crippen molar-refractivity contribution in [2.45, 2.75) is 31.7 Å². The van der Waals surface area contributed by atoms with Crippen molar-refractivity contribution >= 4 is 22.7 Å². The van der Waals surface area contributed by atoms with Gasteiger partial charge < -0.3 is 20.1 Å². The molecule has 0 amide bonds. The molecule has 2 aromatic heterocycles. The van der Waals surface area contributed by atoms with Gasteiger partial charge in [-0.2, -0.15) is 10.1 Å². The van der Waals surface area contributed by atoms with Gasteiger partial charge in [0, 0.05) is 36.9 Å². The van der Waals surface area contributed by atoms with Crippen molar-refractivity contribution in [2.75, 3.05) is 37.9 Å². The normalized spacial score (nSPS) is 16.7. The Morgan fingerprint density at radius 2 is 1.79 bits per heavy atom. The summed E-state index contributed by atoms with van der Waals surface area (Å²) in [5.74, 6) is 4.90. The molecule has 9 heteroatoms. The molecule has 0 bridgehead atoms. The van der Waals surface area contributed by atoms with E-state index in [1.54, 1.807) is 14.2 Å². The number of fused-ring (bicyclic) bond motifs is 2. The number of benzene rings is 1. The highest BCUT2D eigenvalue weighted by Crippen LogP contribution is 2.38. The van der Waals surface area contributed by atoms with Crippen LogP contribution in [0.15, 0.2) is 12.1 Å². The maximum Gasteiger partial charge on any atom is 0.227 e. The monoisotopic (exact) mass is 381 g/mol. The standard InChI is InChI=1S/C19H23N7O2/c1-27-14-9-12-13(10-15(14)28-2)21-19(23-17(12)20)25-6-5-16-22-18(11-3-4-11)24-26(16)8-7-25/h9-11H,3-8H2,1-2H3,(H2,20,21,23). The Hall–Kier alpha value is -3.10. The van der Waals surface area contributed by atoms with E-state index < -0.39 is 0 Å². The lowest BCUT2D eigenvalue weighted by molar-refractivity contribution is 0.356. The van der Waals surface area contributed by atoms with Crippen molar-refractivity contribution in [1.29, 1.82) is 0 Å². The molecule has 3 aromatic rings. The molecule has 5 rings (SSSR count). The summed E-state index contributed by atoms with van der Waals surface area (Å²) >= 11 is 0. The molecule has 1 aliphatic carbocycles. The lowest BCUT2D eigenvalue weighted by atomic mass is 10.2. The fraction of sp³-hybridized carbons (Fsp3) is 0.474. The van der Waals surface area contributed by atoms with Crippen LogP contribution < -0.4 is 20.1 Å². The van der Waals surface area contributed by atoms with E-state index in [-0.39, 0.29) is 0 Å². The Balaban J connectivity index is 1.44. The minimum absolute atomic E-state index is 0.428. The Kier molecular flexibility index (Phi) is 3.96. The second-order valence-electron chi connectivity index (χ2n) is 7.25. The fourth-order valence-electron chi connectivity index (χ4n) is 3.64. The molecule has 2 N–H and O–H groups in total. The smallest absolute Gasteiger partial charge is 0.227 e. The Morgan fingerprint density at radius 3 is 2.54 bits per heavy atom. The number of aromatic nitrogens is 5. The first-order valence-electron chi connectivity index (χ1n) is 9.54. The zero-order valence-electron chi connectivity index (χ0n) is 16.1. The van der Waals surface area contributed by atoms with E-state index in [0.717, 1.165) is 48.6 Å². The minimum atomic E-state index is 0.428. The van der Waals surface area contributed by atoms with Crippen LogP contribution in [0.3, 0.4) is 0 Å². The molecule has 28 heavy (non-hydrogen) atoms. The van der Waals surface area contributed by atoms with Gasteiger partial charge in [-0.25, -0.2) is 14.6 Å². The number of anilines is 2. The molecule has 146 valence electrons. The molecule has 0 spiro atoms. The number of hydrogen-bond acceptors (Lipinski definition) is 8. The van der Waals surface area contributed by atoms with Crippen molar-refractivity contribution < 1.29 is 9.47 Å². The van der Waals surface area contributed by atoms with Crippen molar-refractivity contribution in [3.05, 3.63) is 23.8 Å². The first-order chi connectivity index (χ1) is 13.7. The number of rotatable bonds is 4. The molecule has 1 fully saturated rings. The average Bonchev–Trinajstić information content (AvgIpc) is 3.51. The molecule has 1 aliphatic heterocycles. The van der Waals surface area contributed by atoms with Gasteiger partial charge in [-0.15, -0.1) is 0 Å². The van der Waals surface area contributed by atoms with Gasteiger partial charge in [0.2, 0.25) is 5.95 Å². The van der Waals surface area contributed by atoms with Gasteiger partial charge in [0.15, 0.2) is 17.3 Å². The van der Waals surface area contributed by atoms with E-state index in [1.165, 1.54) is 12.8 Å². The third kappa shape index (κ3) is 2.87. The molecule has 0 radical (unpaired) electrons. The Labute approximate surface area is 162 Å². The van der Waals surface area contributed by atoms with E-state index in [9.17, 15) is 0 Å². The summed E-state index contributed by atoms with van der Waals surface area (Å²) in [6, 6.07) is 3.65. The average molecular weight is 381 g/mol. The third-order valence-corrected chi connectivity index (χ3v) is 5.40. The van der Waals surface area contributed by atoms with Crippen LogP contribution in [-0.2, 0) is 13.0 Å². The number of nitrogen functional groups attached to an aromatic ring is 1. The van der Waals surface area contributed by atoms with Crippen LogP contribution in [0.2, 0.25) is 0 Å². The number of hydrogen-bond donors (Lipinski definition) is 1. The topological polar surface area (TPSA) is 104 Å². The summed E-state index contributed by atoms with van der Waals surface area (Å²) in [5, 5.41) is 5.44. The lowest BCUT2D eigenvalue weighted by Crippen LogP contribution is -2.29. The van der Waals surface area contributed by atoms with E-state index >= 15 is 0 Å². The Morgan fingerprint density at radius 1 is 1.00 bits per heavy atom. The molecule has 0 saturated heterocycles. The van der Waals surface area contributed by atoms with Crippen LogP contribution in [0.4, 0.5) is 11.8 Å². The van der Waals surface area contributed by atoms with Crippen LogP contribution >= 0.6 is 0 Å². The van der Waals surface area contributed by atoms with E-state index in [1.807, 2.05) is 16.8 Å². The SMILES string of the molecule is COc1cc2nc(N3CCc4nc(C5CC5)nn4CC3)nc(N)c2cc1OC. The van der Waals surface area contributed by atoms with Gasteiger partial charge in [0.25, 0.3) is 0 Å². The van der Waals surface area contributed by atoms with Gasteiger partial charge in [-0.1, -0.05) is 0 Å². The lowest BCUT2D eigenvalue weighted by Gasteiger charge is -2.21. The largest absolute Gasteiger partial charge is 0.493 e. The van der Waals surface area contributed by atoms with Crippen molar-refractivity contribution in [3.63, 3.8) is 0 Å². The minimum Gasteiger partial charge on any atom is -0.493 e. The highest BCUT2D eigenvalue weighted by atomic mass is 16.5. The molecule has 2 aliphatic rings. The highest BCUT2D eigenvalue weighted by Gasteiger charge is 2.30. The van der Waals surface area contributed by atoms with E-state index in [4.69, 9.17) is 30.3 Å². The summed E-state index contributed by atoms with van der Waals surface area (Å²) in [5.41, 5.74) is 6.97. The molecular weight excluding hydrogens is 358 g/mol. The quantitative estimate of drug-likeness (QED) is 0.729. The van der Waals surface area contributed by atoms with Crippen molar-refractivity contribution in [2.24, 2.45) is 0 Å². The maximum absolute atomic E-state index is 6.24.